The van der Waals surface area contributed by atoms with E-state index in [1.807, 2.05) is 0 Å². The molecule has 9 heteroatoms. The van der Waals surface area contributed by atoms with Crippen LogP contribution in [0, 0.1) is 0 Å². The molecule has 3 aromatic rings. The number of halogens is 2. The average Bonchev–Trinajstić information content (AvgIpc) is 2.85. The second kappa shape index (κ2) is 10.3. The van der Waals surface area contributed by atoms with Crippen molar-refractivity contribution in [3.05, 3.63) is 93.5 Å². The first-order valence-electron chi connectivity index (χ1n) is 10.8. The first-order chi connectivity index (χ1) is 16.3. The maximum atomic E-state index is 13.1. The van der Waals surface area contributed by atoms with Gasteiger partial charge in [0.25, 0.3) is 5.91 Å². The zero-order valence-corrected chi connectivity index (χ0v) is 20.5. The number of ketones is 1. The fourth-order valence-electron chi connectivity index (χ4n) is 3.83. The Morgan fingerprint density at radius 1 is 0.824 bits per heavy atom. The van der Waals surface area contributed by atoms with Crippen molar-refractivity contribution in [2.75, 3.05) is 18.4 Å². The number of rotatable bonds is 6. The largest absolute Gasteiger partial charge is 0.321 e. The number of anilines is 1. The summed E-state index contributed by atoms with van der Waals surface area (Å²) in [4.78, 5) is 26.1. The summed E-state index contributed by atoms with van der Waals surface area (Å²) in [7, 11) is -3.59. The molecular weight excluding hydrogens is 495 g/mol. The summed E-state index contributed by atoms with van der Waals surface area (Å²) in [6.07, 6.45) is 2.71. The highest BCUT2D eigenvalue weighted by Crippen LogP contribution is 2.27. The molecule has 1 heterocycles. The summed E-state index contributed by atoms with van der Waals surface area (Å²) >= 11 is 12.3. The first kappa shape index (κ1) is 24.4. The van der Waals surface area contributed by atoms with E-state index in [-0.39, 0.29) is 38.1 Å². The predicted octanol–water partition coefficient (Wildman–Crippen LogP) is 5.65. The number of amides is 1. The molecular formula is C25H22Cl2N2O4S. The molecule has 0 unspecified atom stereocenters. The third-order valence-electron chi connectivity index (χ3n) is 5.66. The molecule has 0 aliphatic carbocycles. The average molecular weight is 517 g/mol. The summed E-state index contributed by atoms with van der Waals surface area (Å²) in [5.74, 6) is -0.871. The number of nitrogens with zero attached hydrogens (tertiary/aromatic N) is 1. The Bertz CT molecular complexity index is 1340. The molecule has 1 saturated heterocycles. The van der Waals surface area contributed by atoms with Crippen LogP contribution in [0.1, 0.15) is 45.5 Å². The normalized spacial score (nSPS) is 14.5. The van der Waals surface area contributed by atoms with Crippen molar-refractivity contribution in [1.29, 1.82) is 0 Å². The Balaban J connectivity index is 1.56. The van der Waals surface area contributed by atoms with Gasteiger partial charge in [-0.1, -0.05) is 41.8 Å². The van der Waals surface area contributed by atoms with E-state index in [9.17, 15) is 18.0 Å². The van der Waals surface area contributed by atoms with E-state index in [2.05, 4.69) is 5.32 Å². The quantitative estimate of drug-likeness (QED) is 0.429. The Morgan fingerprint density at radius 2 is 1.50 bits per heavy atom. The minimum Gasteiger partial charge on any atom is -0.321 e. The van der Waals surface area contributed by atoms with E-state index in [4.69, 9.17) is 23.2 Å². The number of sulfonamides is 1. The molecule has 1 aliphatic heterocycles. The van der Waals surface area contributed by atoms with Gasteiger partial charge in [-0.15, -0.1) is 0 Å². The van der Waals surface area contributed by atoms with Gasteiger partial charge in [-0.3, -0.25) is 9.59 Å². The SMILES string of the molecule is O=C(Nc1ccc(Cl)cc1C(=O)c1ccccc1Cl)c1ccc(S(=O)(=O)N2CCCCC2)cc1. The van der Waals surface area contributed by atoms with Gasteiger partial charge in [-0.05, 0) is 67.4 Å². The summed E-state index contributed by atoms with van der Waals surface area (Å²) in [6.45, 7) is 1.01. The Morgan fingerprint density at radius 3 is 2.18 bits per heavy atom. The van der Waals surface area contributed by atoms with Gasteiger partial charge in [0.2, 0.25) is 10.0 Å². The van der Waals surface area contributed by atoms with E-state index in [1.54, 1.807) is 36.4 Å². The van der Waals surface area contributed by atoms with Crippen LogP contribution < -0.4 is 5.32 Å². The molecule has 1 amide bonds. The second-order valence-corrected chi connectivity index (χ2v) is 10.7. The van der Waals surface area contributed by atoms with E-state index in [1.165, 1.54) is 34.6 Å². The van der Waals surface area contributed by atoms with E-state index >= 15 is 0 Å². The summed E-state index contributed by atoms with van der Waals surface area (Å²) in [5.41, 5.74) is 1.00. The van der Waals surface area contributed by atoms with Gasteiger partial charge >= 0.3 is 0 Å². The summed E-state index contributed by atoms with van der Waals surface area (Å²) in [5, 5.41) is 3.35. The lowest BCUT2D eigenvalue weighted by molar-refractivity contribution is 0.102. The number of nitrogens with one attached hydrogen (secondary N) is 1. The first-order valence-corrected chi connectivity index (χ1v) is 13.0. The fraction of sp³-hybridized carbons (Fsp3) is 0.200. The van der Waals surface area contributed by atoms with Gasteiger partial charge in [0.1, 0.15) is 0 Å². The zero-order chi connectivity index (χ0) is 24.3. The smallest absolute Gasteiger partial charge is 0.255 e. The van der Waals surface area contributed by atoms with E-state index < -0.39 is 15.9 Å². The van der Waals surface area contributed by atoms with Gasteiger partial charge < -0.3 is 5.32 Å². The number of piperidine rings is 1. The topological polar surface area (TPSA) is 83.5 Å². The molecule has 6 nitrogen and oxygen atoms in total. The maximum Gasteiger partial charge on any atom is 0.255 e. The molecule has 0 bridgehead atoms. The van der Waals surface area contributed by atoms with Gasteiger partial charge in [-0.25, -0.2) is 8.42 Å². The van der Waals surface area contributed by atoms with Crippen LogP contribution in [0.15, 0.2) is 71.6 Å². The van der Waals surface area contributed by atoms with Crippen molar-refractivity contribution in [2.45, 2.75) is 24.2 Å². The van der Waals surface area contributed by atoms with Crippen molar-refractivity contribution in [3.63, 3.8) is 0 Å². The van der Waals surface area contributed by atoms with Crippen LogP contribution >= 0.6 is 23.2 Å². The molecule has 4 rings (SSSR count). The third-order valence-corrected chi connectivity index (χ3v) is 8.14. The van der Waals surface area contributed by atoms with Gasteiger partial charge in [0.15, 0.2) is 5.78 Å². The minimum absolute atomic E-state index is 0.145. The van der Waals surface area contributed by atoms with E-state index in [0.717, 1.165) is 19.3 Å². The molecule has 0 saturated carbocycles. The fourth-order valence-corrected chi connectivity index (χ4v) is 5.74. The van der Waals surface area contributed by atoms with Gasteiger partial charge in [0.05, 0.1) is 15.6 Å². The highest BCUT2D eigenvalue weighted by molar-refractivity contribution is 7.89. The third kappa shape index (κ3) is 5.18. The maximum absolute atomic E-state index is 13.1. The Kier molecular flexibility index (Phi) is 7.38. The summed E-state index contributed by atoms with van der Waals surface area (Å²) < 4.78 is 27.2. The van der Waals surface area contributed by atoms with Crippen molar-refractivity contribution in [1.82, 2.24) is 4.31 Å². The van der Waals surface area contributed by atoms with Crippen LogP contribution in [-0.2, 0) is 10.0 Å². The van der Waals surface area contributed by atoms with Crippen LogP contribution in [0.5, 0.6) is 0 Å². The molecule has 1 fully saturated rings. The van der Waals surface area contributed by atoms with Crippen molar-refractivity contribution in [2.24, 2.45) is 0 Å². The van der Waals surface area contributed by atoms with Crippen LogP contribution in [0.4, 0.5) is 5.69 Å². The number of hydrogen-bond acceptors (Lipinski definition) is 4. The molecule has 0 aromatic heterocycles. The molecule has 176 valence electrons. The van der Waals surface area contributed by atoms with Gasteiger partial charge in [-0.2, -0.15) is 4.31 Å². The number of carbonyl (C=O) groups excluding carboxylic acids is 2. The number of hydrogen-bond donors (Lipinski definition) is 1. The van der Waals surface area contributed by atoms with Crippen LogP contribution in [0.3, 0.4) is 0 Å². The monoisotopic (exact) mass is 516 g/mol. The Hall–Kier alpha value is -2.71. The molecule has 0 radical (unpaired) electrons. The highest BCUT2D eigenvalue weighted by atomic mass is 35.5. The minimum atomic E-state index is -3.59. The number of benzene rings is 3. The van der Waals surface area contributed by atoms with Crippen molar-refractivity contribution < 1.29 is 18.0 Å². The molecule has 1 aliphatic rings. The standard InChI is InChI=1S/C25H22Cl2N2O4S/c26-18-10-13-23(21(16-18)24(30)20-6-2-3-7-22(20)27)28-25(31)17-8-11-19(12-9-17)34(32,33)29-14-4-1-5-15-29/h2-3,6-13,16H,1,4-5,14-15H2,(H,28,31). The van der Waals surface area contributed by atoms with Gasteiger partial charge in [0, 0.05) is 34.8 Å². The van der Waals surface area contributed by atoms with Crippen molar-refractivity contribution >= 4 is 50.6 Å². The van der Waals surface area contributed by atoms with Crippen LogP contribution in [0.2, 0.25) is 10.0 Å². The lowest BCUT2D eigenvalue weighted by Crippen LogP contribution is -2.35. The number of carbonyl (C=O) groups is 2. The van der Waals surface area contributed by atoms with Crippen LogP contribution in [-0.4, -0.2) is 37.5 Å². The van der Waals surface area contributed by atoms with E-state index in [0.29, 0.717) is 18.1 Å². The molecule has 34 heavy (non-hydrogen) atoms. The van der Waals surface area contributed by atoms with Crippen LogP contribution in [0.25, 0.3) is 0 Å². The second-order valence-electron chi connectivity index (χ2n) is 7.94. The van der Waals surface area contributed by atoms with Crippen molar-refractivity contribution in [3.8, 4) is 0 Å². The molecule has 1 N–H and O–H groups in total. The molecule has 0 spiro atoms. The molecule has 0 atom stereocenters. The molecule has 3 aromatic carbocycles. The predicted molar refractivity (Wildman–Crippen MR) is 133 cm³/mol. The summed E-state index contributed by atoms with van der Waals surface area (Å²) in [6, 6.07) is 17.0. The lowest BCUT2D eigenvalue weighted by atomic mass is 10.0. The highest BCUT2D eigenvalue weighted by Gasteiger charge is 2.26. The lowest BCUT2D eigenvalue weighted by Gasteiger charge is -2.25. The Labute approximate surface area is 208 Å². The zero-order valence-electron chi connectivity index (χ0n) is 18.1.